The minimum absolute atomic E-state index is 0.664. The third kappa shape index (κ3) is 2.21. The molecule has 4 aliphatic carbocycles. The molecule has 0 spiro atoms. The van der Waals surface area contributed by atoms with E-state index in [0.29, 0.717) is 5.41 Å². The number of ether oxygens (including phenoxy) is 1. The van der Waals surface area contributed by atoms with Crippen molar-refractivity contribution in [3.8, 4) is 0 Å². The van der Waals surface area contributed by atoms with Crippen LogP contribution in [0.3, 0.4) is 0 Å². The van der Waals surface area contributed by atoms with Gasteiger partial charge in [-0.15, -0.1) is 0 Å². The highest BCUT2D eigenvalue weighted by atomic mass is 16.5. The van der Waals surface area contributed by atoms with Crippen LogP contribution in [-0.4, -0.2) is 13.7 Å². The van der Waals surface area contributed by atoms with Crippen LogP contribution in [0.1, 0.15) is 78.1 Å². The molecule has 4 saturated carbocycles. The Morgan fingerprint density at radius 3 is 2.59 bits per heavy atom. The van der Waals surface area contributed by atoms with E-state index < -0.39 is 0 Å². The third-order valence-electron chi connectivity index (χ3n) is 8.96. The molecule has 7 atom stereocenters. The van der Waals surface area contributed by atoms with Crippen LogP contribution in [0.4, 0.5) is 0 Å². The SMILES string of the molecule is COCC1CC[C@@]2(C)C(CCC3C4CCC[C@@]4(C)CCC32)C1. The zero-order valence-electron chi connectivity index (χ0n) is 15.1. The number of methoxy groups -OCH3 is 1. The van der Waals surface area contributed by atoms with Gasteiger partial charge in [-0.05, 0) is 98.2 Å². The molecule has 4 fully saturated rings. The van der Waals surface area contributed by atoms with Gasteiger partial charge >= 0.3 is 0 Å². The average molecular weight is 305 g/mol. The van der Waals surface area contributed by atoms with Gasteiger partial charge < -0.3 is 4.74 Å². The van der Waals surface area contributed by atoms with Crippen molar-refractivity contribution in [2.24, 2.45) is 40.4 Å². The molecule has 0 amide bonds. The number of rotatable bonds is 2. The largest absolute Gasteiger partial charge is 0.384 e. The Morgan fingerprint density at radius 1 is 0.909 bits per heavy atom. The maximum Gasteiger partial charge on any atom is 0.0490 e. The summed E-state index contributed by atoms with van der Waals surface area (Å²) in [7, 11) is 1.88. The molecule has 0 aliphatic heterocycles. The van der Waals surface area contributed by atoms with Crippen molar-refractivity contribution in [2.45, 2.75) is 78.1 Å². The van der Waals surface area contributed by atoms with Crippen molar-refractivity contribution >= 4 is 0 Å². The minimum Gasteiger partial charge on any atom is -0.384 e. The summed E-state index contributed by atoms with van der Waals surface area (Å²) in [5.41, 5.74) is 1.38. The van der Waals surface area contributed by atoms with Crippen LogP contribution in [0.2, 0.25) is 0 Å². The summed E-state index contributed by atoms with van der Waals surface area (Å²) in [5, 5.41) is 0. The maximum absolute atomic E-state index is 5.47. The molecule has 0 aromatic rings. The normalized spacial score (nSPS) is 54.4. The highest BCUT2D eigenvalue weighted by molar-refractivity contribution is 5.07. The second-order valence-electron chi connectivity index (χ2n) is 9.84. The summed E-state index contributed by atoms with van der Waals surface area (Å²) < 4.78 is 5.47. The van der Waals surface area contributed by atoms with E-state index in [2.05, 4.69) is 13.8 Å². The summed E-state index contributed by atoms with van der Waals surface area (Å²) in [6.07, 6.45) is 15.1. The second-order valence-corrected chi connectivity index (χ2v) is 9.84. The van der Waals surface area contributed by atoms with Crippen molar-refractivity contribution in [1.82, 2.24) is 0 Å². The van der Waals surface area contributed by atoms with Gasteiger partial charge in [-0.2, -0.15) is 0 Å². The Hall–Kier alpha value is -0.0400. The quantitative estimate of drug-likeness (QED) is 0.637. The zero-order valence-corrected chi connectivity index (χ0v) is 15.1. The van der Waals surface area contributed by atoms with E-state index in [1.54, 1.807) is 19.3 Å². The average Bonchev–Trinajstić information content (AvgIpc) is 2.89. The van der Waals surface area contributed by atoms with Gasteiger partial charge in [-0.25, -0.2) is 0 Å². The summed E-state index contributed by atoms with van der Waals surface area (Å²) >= 11 is 0. The van der Waals surface area contributed by atoms with Gasteiger partial charge in [-0.1, -0.05) is 20.3 Å². The molecular formula is C21H36O. The Balaban J connectivity index is 1.54. The molecule has 0 N–H and O–H groups in total. The standard InChI is InChI=1S/C21H36O/c1-20-10-4-5-18(20)17-7-6-16-13-15(14-22-3)8-12-21(16,2)19(17)9-11-20/h15-19H,4-14H2,1-3H3/t15?,16?,17?,18?,19?,20-,21-/m0/s1. The van der Waals surface area contributed by atoms with E-state index in [1.165, 1.54) is 44.9 Å². The van der Waals surface area contributed by atoms with Gasteiger partial charge in [0.25, 0.3) is 0 Å². The fraction of sp³-hybridized carbons (Fsp3) is 1.00. The molecule has 0 aromatic heterocycles. The van der Waals surface area contributed by atoms with Gasteiger partial charge in [-0.3, -0.25) is 0 Å². The molecule has 4 aliphatic rings. The molecule has 1 heteroatoms. The smallest absolute Gasteiger partial charge is 0.0490 e. The lowest BCUT2D eigenvalue weighted by Crippen LogP contribution is -2.52. The molecule has 0 heterocycles. The van der Waals surface area contributed by atoms with E-state index in [-0.39, 0.29) is 0 Å². The minimum atomic E-state index is 0.664. The van der Waals surface area contributed by atoms with Crippen molar-refractivity contribution in [2.75, 3.05) is 13.7 Å². The summed E-state index contributed by atoms with van der Waals surface area (Å²) in [6.45, 7) is 6.32. The number of hydrogen-bond acceptors (Lipinski definition) is 1. The van der Waals surface area contributed by atoms with Gasteiger partial charge in [0.1, 0.15) is 0 Å². The van der Waals surface area contributed by atoms with Crippen molar-refractivity contribution < 1.29 is 4.74 Å². The first-order chi connectivity index (χ1) is 10.6. The molecule has 4 rings (SSSR count). The molecule has 0 bridgehead atoms. The predicted molar refractivity (Wildman–Crippen MR) is 91.7 cm³/mol. The Bertz CT molecular complexity index is 418. The predicted octanol–water partition coefficient (Wildman–Crippen LogP) is 5.68. The number of fused-ring (bicyclic) bond motifs is 5. The van der Waals surface area contributed by atoms with Crippen LogP contribution in [0.15, 0.2) is 0 Å². The molecule has 0 aromatic carbocycles. The topological polar surface area (TPSA) is 9.23 Å². The van der Waals surface area contributed by atoms with Crippen molar-refractivity contribution in [1.29, 1.82) is 0 Å². The fourth-order valence-electron chi connectivity index (χ4n) is 7.73. The van der Waals surface area contributed by atoms with E-state index in [9.17, 15) is 0 Å². The zero-order chi connectivity index (χ0) is 15.4. The Labute approximate surface area is 137 Å². The van der Waals surface area contributed by atoms with E-state index in [0.717, 1.165) is 41.6 Å². The van der Waals surface area contributed by atoms with Crippen LogP contribution >= 0.6 is 0 Å². The van der Waals surface area contributed by atoms with Crippen molar-refractivity contribution in [3.63, 3.8) is 0 Å². The van der Waals surface area contributed by atoms with Crippen molar-refractivity contribution in [3.05, 3.63) is 0 Å². The first kappa shape index (κ1) is 15.5. The third-order valence-corrected chi connectivity index (χ3v) is 8.96. The lowest BCUT2D eigenvalue weighted by molar-refractivity contribution is -0.115. The Morgan fingerprint density at radius 2 is 1.77 bits per heavy atom. The van der Waals surface area contributed by atoms with Gasteiger partial charge in [0, 0.05) is 13.7 Å². The summed E-state index contributed by atoms with van der Waals surface area (Å²) in [4.78, 5) is 0. The van der Waals surface area contributed by atoms with Crippen LogP contribution in [0, 0.1) is 40.4 Å². The summed E-state index contributed by atoms with van der Waals surface area (Å²) in [6, 6.07) is 0. The summed E-state index contributed by atoms with van der Waals surface area (Å²) in [5.74, 6) is 5.03. The number of hydrogen-bond donors (Lipinski definition) is 0. The second kappa shape index (κ2) is 5.50. The van der Waals surface area contributed by atoms with Gasteiger partial charge in [0.05, 0.1) is 0 Å². The lowest BCUT2D eigenvalue weighted by atomic mass is 9.45. The van der Waals surface area contributed by atoms with Crippen LogP contribution in [0.5, 0.6) is 0 Å². The monoisotopic (exact) mass is 304 g/mol. The lowest BCUT2D eigenvalue weighted by Gasteiger charge is -2.60. The fourth-order valence-corrected chi connectivity index (χ4v) is 7.73. The Kier molecular flexibility index (Phi) is 3.87. The van der Waals surface area contributed by atoms with E-state index >= 15 is 0 Å². The first-order valence-corrected chi connectivity index (χ1v) is 10.1. The molecule has 5 unspecified atom stereocenters. The van der Waals surface area contributed by atoms with E-state index in [4.69, 9.17) is 4.74 Å². The highest BCUT2D eigenvalue weighted by Crippen LogP contribution is 2.66. The molecule has 0 saturated heterocycles. The molecule has 1 nitrogen and oxygen atoms in total. The van der Waals surface area contributed by atoms with E-state index in [1.807, 2.05) is 7.11 Å². The molecular weight excluding hydrogens is 268 g/mol. The maximum atomic E-state index is 5.47. The van der Waals surface area contributed by atoms with Crippen LogP contribution < -0.4 is 0 Å². The molecule has 0 radical (unpaired) electrons. The van der Waals surface area contributed by atoms with Crippen LogP contribution in [-0.2, 0) is 4.74 Å². The van der Waals surface area contributed by atoms with Crippen LogP contribution in [0.25, 0.3) is 0 Å². The highest BCUT2D eigenvalue weighted by Gasteiger charge is 2.57. The first-order valence-electron chi connectivity index (χ1n) is 10.1. The molecule has 22 heavy (non-hydrogen) atoms. The van der Waals surface area contributed by atoms with Gasteiger partial charge in [0.2, 0.25) is 0 Å². The molecule has 126 valence electrons. The van der Waals surface area contributed by atoms with Gasteiger partial charge in [0.15, 0.2) is 0 Å².